The van der Waals surface area contributed by atoms with Gasteiger partial charge in [-0.2, -0.15) is 4.98 Å². The van der Waals surface area contributed by atoms with Crippen LogP contribution in [-0.4, -0.2) is 33.7 Å². The minimum absolute atomic E-state index is 0.0770. The van der Waals surface area contributed by atoms with Crippen molar-refractivity contribution in [1.29, 1.82) is 0 Å². The smallest absolute Gasteiger partial charge is 0.361 e. The van der Waals surface area contributed by atoms with Crippen molar-refractivity contribution in [1.82, 2.24) is 15.1 Å². The zero-order valence-corrected chi connectivity index (χ0v) is 13.5. The second-order valence-electron chi connectivity index (χ2n) is 5.32. The summed E-state index contributed by atoms with van der Waals surface area (Å²) in [7, 11) is 0. The highest BCUT2D eigenvalue weighted by Crippen LogP contribution is 2.25. The molecule has 0 aromatic carbocycles. The fourth-order valence-corrected chi connectivity index (χ4v) is 2.35. The minimum Gasteiger partial charge on any atom is -0.469 e. The van der Waals surface area contributed by atoms with Crippen LogP contribution in [0.1, 0.15) is 36.5 Å². The van der Waals surface area contributed by atoms with Crippen molar-refractivity contribution < 1.29 is 18.5 Å². The molecule has 0 fully saturated rings. The number of anilines is 1. The van der Waals surface area contributed by atoms with Gasteiger partial charge in [-0.3, -0.25) is 0 Å². The molecule has 1 N–H and O–H groups in total. The molecule has 8 nitrogen and oxygen atoms in total. The van der Waals surface area contributed by atoms with Crippen LogP contribution in [0.25, 0.3) is 11.1 Å². The van der Waals surface area contributed by atoms with Gasteiger partial charge in [-0.1, -0.05) is 5.16 Å². The first kappa shape index (κ1) is 16.0. The average Bonchev–Trinajstić information content (AvgIpc) is 3.23. The van der Waals surface area contributed by atoms with Crippen LogP contribution in [-0.2, 0) is 11.2 Å². The Bertz CT molecular complexity index is 813. The molecule has 0 aliphatic heterocycles. The normalized spacial score (nSPS) is 12.2. The van der Waals surface area contributed by atoms with Crippen LogP contribution < -0.4 is 5.32 Å². The first-order valence-corrected chi connectivity index (χ1v) is 7.75. The SMILES string of the molecule is CCOC(=O)c1noc2ncnc(N[C@H](C)CCc3ccco3)c12. The van der Waals surface area contributed by atoms with Crippen molar-refractivity contribution in [2.45, 2.75) is 32.7 Å². The molecule has 0 aliphatic rings. The Balaban J connectivity index is 1.78. The topological polar surface area (TPSA) is 103 Å². The third-order valence-corrected chi connectivity index (χ3v) is 3.53. The monoisotopic (exact) mass is 330 g/mol. The average molecular weight is 330 g/mol. The van der Waals surface area contributed by atoms with Crippen molar-refractivity contribution in [2.75, 3.05) is 11.9 Å². The van der Waals surface area contributed by atoms with Crippen molar-refractivity contribution >= 4 is 22.9 Å². The van der Waals surface area contributed by atoms with Gasteiger partial charge in [0.1, 0.15) is 23.3 Å². The number of furan rings is 1. The molecule has 0 saturated carbocycles. The summed E-state index contributed by atoms with van der Waals surface area (Å²) in [5.41, 5.74) is 0.321. The number of carbonyl (C=O) groups excluding carboxylic acids is 1. The Kier molecular flexibility index (Phi) is 4.74. The number of hydrogen-bond acceptors (Lipinski definition) is 8. The largest absolute Gasteiger partial charge is 0.469 e. The Morgan fingerprint density at radius 1 is 1.42 bits per heavy atom. The number of aromatic nitrogens is 3. The van der Waals surface area contributed by atoms with Crippen LogP contribution in [0.15, 0.2) is 33.7 Å². The summed E-state index contributed by atoms with van der Waals surface area (Å²) < 4.78 is 15.4. The molecule has 24 heavy (non-hydrogen) atoms. The van der Waals surface area contributed by atoms with E-state index in [0.717, 1.165) is 18.6 Å². The Morgan fingerprint density at radius 2 is 2.29 bits per heavy atom. The van der Waals surface area contributed by atoms with Gasteiger partial charge in [-0.05, 0) is 32.4 Å². The molecule has 3 aromatic heterocycles. The van der Waals surface area contributed by atoms with Gasteiger partial charge < -0.3 is 19.0 Å². The molecular formula is C16H18N4O4. The Morgan fingerprint density at radius 3 is 3.04 bits per heavy atom. The summed E-state index contributed by atoms with van der Waals surface area (Å²) in [6.45, 7) is 4.00. The van der Waals surface area contributed by atoms with E-state index in [9.17, 15) is 4.79 Å². The summed E-state index contributed by atoms with van der Waals surface area (Å²) in [6.07, 6.45) is 4.65. The van der Waals surface area contributed by atoms with E-state index < -0.39 is 5.97 Å². The summed E-state index contributed by atoms with van der Waals surface area (Å²) in [6, 6.07) is 3.90. The molecule has 0 unspecified atom stereocenters. The number of fused-ring (bicyclic) bond motifs is 1. The lowest BCUT2D eigenvalue weighted by molar-refractivity contribution is 0.0517. The predicted octanol–water partition coefficient (Wildman–Crippen LogP) is 2.82. The number of esters is 1. The lowest BCUT2D eigenvalue weighted by Gasteiger charge is -2.14. The van der Waals surface area contributed by atoms with Gasteiger partial charge >= 0.3 is 5.97 Å². The van der Waals surface area contributed by atoms with E-state index in [2.05, 4.69) is 20.4 Å². The van der Waals surface area contributed by atoms with Gasteiger partial charge in [0, 0.05) is 12.5 Å². The summed E-state index contributed by atoms with van der Waals surface area (Å²) in [5.74, 6) is 0.863. The number of aryl methyl sites for hydroxylation is 1. The second kappa shape index (κ2) is 7.12. The maximum absolute atomic E-state index is 12.0. The molecular weight excluding hydrogens is 312 g/mol. The summed E-state index contributed by atoms with van der Waals surface area (Å²) in [4.78, 5) is 20.2. The second-order valence-corrected chi connectivity index (χ2v) is 5.32. The Hall–Kier alpha value is -2.90. The van der Waals surface area contributed by atoms with E-state index in [1.54, 1.807) is 13.2 Å². The van der Waals surface area contributed by atoms with Crippen LogP contribution in [0.3, 0.4) is 0 Å². The summed E-state index contributed by atoms with van der Waals surface area (Å²) in [5, 5.41) is 7.46. The van der Waals surface area contributed by atoms with Gasteiger partial charge in [0.05, 0.1) is 12.9 Å². The van der Waals surface area contributed by atoms with Crippen LogP contribution in [0.5, 0.6) is 0 Å². The van der Waals surface area contributed by atoms with Crippen LogP contribution in [0.2, 0.25) is 0 Å². The van der Waals surface area contributed by atoms with E-state index in [1.807, 2.05) is 19.1 Å². The van der Waals surface area contributed by atoms with Gasteiger partial charge in [-0.25, -0.2) is 9.78 Å². The van der Waals surface area contributed by atoms with Crippen molar-refractivity contribution in [3.63, 3.8) is 0 Å². The molecule has 0 saturated heterocycles. The number of nitrogens with zero attached hydrogens (tertiary/aromatic N) is 3. The molecule has 126 valence electrons. The van der Waals surface area contributed by atoms with Gasteiger partial charge in [-0.15, -0.1) is 0 Å². The number of rotatable bonds is 7. The van der Waals surface area contributed by atoms with Crippen LogP contribution >= 0.6 is 0 Å². The van der Waals surface area contributed by atoms with E-state index in [1.165, 1.54) is 6.33 Å². The lowest BCUT2D eigenvalue weighted by atomic mass is 10.1. The number of ether oxygens (including phenoxy) is 1. The van der Waals surface area contributed by atoms with Gasteiger partial charge in [0.25, 0.3) is 5.71 Å². The standard InChI is InChI=1S/C16H18N4O4/c1-3-22-16(21)13-12-14(17-9-18-15(12)24-20-13)19-10(2)6-7-11-5-4-8-23-11/h4-5,8-10H,3,6-7H2,1-2H3,(H,17,18,19)/t10-/m1/s1. The maximum atomic E-state index is 12.0. The maximum Gasteiger partial charge on any atom is 0.361 e. The molecule has 3 rings (SSSR count). The van der Waals surface area contributed by atoms with Crippen LogP contribution in [0, 0.1) is 0 Å². The van der Waals surface area contributed by atoms with Gasteiger partial charge in [0.15, 0.2) is 0 Å². The predicted molar refractivity (Wildman–Crippen MR) is 85.7 cm³/mol. The molecule has 3 aromatic rings. The van der Waals surface area contributed by atoms with Gasteiger partial charge in [0.2, 0.25) is 5.69 Å². The first-order valence-electron chi connectivity index (χ1n) is 7.75. The van der Waals surface area contributed by atoms with E-state index in [-0.39, 0.29) is 24.1 Å². The van der Waals surface area contributed by atoms with E-state index >= 15 is 0 Å². The number of hydrogen-bond donors (Lipinski definition) is 1. The fraction of sp³-hybridized carbons (Fsp3) is 0.375. The Labute approximate surface area is 138 Å². The molecule has 0 bridgehead atoms. The first-order chi connectivity index (χ1) is 11.7. The number of nitrogens with one attached hydrogen (secondary N) is 1. The fourth-order valence-electron chi connectivity index (χ4n) is 2.35. The molecule has 3 heterocycles. The van der Waals surface area contributed by atoms with Crippen molar-refractivity contribution in [2.24, 2.45) is 0 Å². The lowest BCUT2D eigenvalue weighted by Crippen LogP contribution is -2.17. The highest BCUT2D eigenvalue weighted by Gasteiger charge is 2.22. The quantitative estimate of drug-likeness (QED) is 0.660. The number of carbonyl (C=O) groups is 1. The zero-order chi connectivity index (χ0) is 16.9. The molecule has 0 aliphatic carbocycles. The highest BCUT2D eigenvalue weighted by atomic mass is 16.5. The van der Waals surface area contributed by atoms with E-state index in [0.29, 0.717) is 11.2 Å². The van der Waals surface area contributed by atoms with Crippen molar-refractivity contribution in [3.05, 3.63) is 36.2 Å². The molecule has 0 spiro atoms. The molecule has 0 radical (unpaired) electrons. The highest BCUT2D eigenvalue weighted by molar-refractivity contribution is 6.04. The van der Waals surface area contributed by atoms with Crippen molar-refractivity contribution in [3.8, 4) is 0 Å². The minimum atomic E-state index is -0.558. The molecule has 1 atom stereocenters. The molecule has 0 amide bonds. The third-order valence-electron chi connectivity index (χ3n) is 3.53. The van der Waals surface area contributed by atoms with Crippen LogP contribution in [0.4, 0.5) is 5.82 Å². The molecule has 8 heteroatoms. The summed E-state index contributed by atoms with van der Waals surface area (Å²) >= 11 is 0. The zero-order valence-electron chi connectivity index (χ0n) is 13.5. The third kappa shape index (κ3) is 3.37. The van der Waals surface area contributed by atoms with E-state index in [4.69, 9.17) is 13.7 Å².